The van der Waals surface area contributed by atoms with Gasteiger partial charge in [-0.05, 0) is 38.1 Å². The molecule has 5 nitrogen and oxygen atoms in total. The number of hydrogen-bond donors (Lipinski definition) is 0. The standard InChI is InChI=1S/C16H22N2O3S/c19-16(18-12-14(13-18)17-9-4-5-10-17)8-11-22(20,21)15-6-2-1-3-7-15/h1-3,6-7,14H,4-5,8-13H2. The smallest absolute Gasteiger partial charge is 0.223 e. The highest BCUT2D eigenvalue weighted by molar-refractivity contribution is 7.91. The Morgan fingerprint density at radius 3 is 2.36 bits per heavy atom. The zero-order chi connectivity index (χ0) is 15.6. The minimum Gasteiger partial charge on any atom is -0.339 e. The molecule has 0 radical (unpaired) electrons. The SMILES string of the molecule is O=C(CCS(=O)(=O)c1ccccc1)N1CC(N2CCCC2)C1. The zero-order valence-electron chi connectivity index (χ0n) is 12.6. The van der Waals surface area contributed by atoms with Gasteiger partial charge in [0, 0.05) is 25.6 Å². The Balaban J connectivity index is 1.47. The van der Waals surface area contributed by atoms with Gasteiger partial charge in [-0.3, -0.25) is 9.69 Å². The molecule has 0 atom stereocenters. The fraction of sp³-hybridized carbons (Fsp3) is 0.562. The Bertz CT molecular complexity index is 618. The molecular weight excluding hydrogens is 300 g/mol. The summed E-state index contributed by atoms with van der Waals surface area (Å²) < 4.78 is 24.3. The molecule has 2 fully saturated rings. The Hall–Kier alpha value is -1.40. The van der Waals surface area contributed by atoms with E-state index in [9.17, 15) is 13.2 Å². The Kier molecular flexibility index (Phi) is 4.49. The van der Waals surface area contributed by atoms with E-state index in [2.05, 4.69) is 4.90 Å². The Morgan fingerprint density at radius 1 is 1.09 bits per heavy atom. The molecule has 1 aromatic rings. The minimum absolute atomic E-state index is 0.0463. The van der Waals surface area contributed by atoms with Crippen molar-refractivity contribution >= 4 is 15.7 Å². The molecule has 120 valence electrons. The summed E-state index contributed by atoms with van der Waals surface area (Å²) in [4.78, 5) is 16.6. The van der Waals surface area contributed by atoms with Crippen LogP contribution < -0.4 is 0 Å². The highest BCUT2D eigenvalue weighted by Gasteiger charge is 2.35. The highest BCUT2D eigenvalue weighted by Crippen LogP contribution is 2.21. The number of benzene rings is 1. The molecule has 2 heterocycles. The third-order valence-corrected chi connectivity index (χ3v) is 6.29. The van der Waals surface area contributed by atoms with Crippen molar-refractivity contribution in [2.75, 3.05) is 31.9 Å². The second-order valence-corrected chi connectivity index (χ2v) is 8.19. The summed E-state index contributed by atoms with van der Waals surface area (Å²) in [6.07, 6.45) is 2.57. The molecule has 1 amide bonds. The van der Waals surface area contributed by atoms with E-state index in [1.54, 1.807) is 35.2 Å². The fourth-order valence-electron chi connectivity index (χ4n) is 3.12. The first kappa shape index (κ1) is 15.5. The zero-order valence-corrected chi connectivity index (χ0v) is 13.5. The number of amides is 1. The predicted octanol–water partition coefficient (Wildman–Crippen LogP) is 1.16. The number of carbonyl (C=O) groups excluding carboxylic acids is 1. The molecule has 0 aromatic heterocycles. The molecule has 0 saturated carbocycles. The van der Waals surface area contributed by atoms with E-state index >= 15 is 0 Å². The van der Waals surface area contributed by atoms with Gasteiger partial charge in [-0.2, -0.15) is 0 Å². The maximum absolute atomic E-state index is 12.2. The van der Waals surface area contributed by atoms with Crippen molar-refractivity contribution < 1.29 is 13.2 Å². The lowest BCUT2D eigenvalue weighted by molar-refractivity contribution is -0.137. The number of sulfone groups is 1. The summed E-state index contributed by atoms with van der Waals surface area (Å²) in [5.41, 5.74) is 0. The van der Waals surface area contributed by atoms with Gasteiger partial charge in [-0.25, -0.2) is 8.42 Å². The number of carbonyl (C=O) groups is 1. The topological polar surface area (TPSA) is 57.7 Å². The van der Waals surface area contributed by atoms with Crippen molar-refractivity contribution in [1.29, 1.82) is 0 Å². The van der Waals surface area contributed by atoms with Crippen LogP contribution in [0.3, 0.4) is 0 Å². The van der Waals surface area contributed by atoms with E-state index in [0.29, 0.717) is 10.9 Å². The van der Waals surface area contributed by atoms with Crippen molar-refractivity contribution in [3.8, 4) is 0 Å². The first-order valence-electron chi connectivity index (χ1n) is 7.86. The summed E-state index contributed by atoms with van der Waals surface area (Å²) >= 11 is 0. The monoisotopic (exact) mass is 322 g/mol. The molecule has 6 heteroatoms. The molecule has 0 bridgehead atoms. The lowest BCUT2D eigenvalue weighted by Gasteiger charge is -2.44. The van der Waals surface area contributed by atoms with Crippen molar-refractivity contribution in [1.82, 2.24) is 9.80 Å². The molecule has 3 rings (SSSR count). The molecule has 0 spiro atoms. The van der Waals surface area contributed by atoms with Gasteiger partial charge in [0.2, 0.25) is 5.91 Å². The molecule has 2 saturated heterocycles. The van der Waals surface area contributed by atoms with E-state index in [1.165, 1.54) is 12.8 Å². The molecule has 22 heavy (non-hydrogen) atoms. The largest absolute Gasteiger partial charge is 0.339 e. The van der Waals surface area contributed by atoms with Crippen molar-refractivity contribution in [3.05, 3.63) is 30.3 Å². The van der Waals surface area contributed by atoms with Crippen molar-refractivity contribution in [3.63, 3.8) is 0 Å². The first-order valence-corrected chi connectivity index (χ1v) is 9.51. The van der Waals surface area contributed by atoms with Gasteiger partial charge in [0.25, 0.3) is 0 Å². The second-order valence-electron chi connectivity index (χ2n) is 6.08. The van der Waals surface area contributed by atoms with Gasteiger partial charge >= 0.3 is 0 Å². The summed E-state index contributed by atoms with van der Waals surface area (Å²) in [7, 11) is -3.36. The number of hydrogen-bond acceptors (Lipinski definition) is 4. The predicted molar refractivity (Wildman–Crippen MR) is 84.3 cm³/mol. The average molecular weight is 322 g/mol. The summed E-state index contributed by atoms with van der Waals surface area (Å²) in [5.74, 6) is -0.157. The third kappa shape index (κ3) is 3.33. The average Bonchev–Trinajstić information content (AvgIpc) is 2.99. The summed E-state index contributed by atoms with van der Waals surface area (Å²) in [6, 6.07) is 8.81. The summed E-state index contributed by atoms with van der Waals surface area (Å²) in [5, 5.41) is 0. The number of rotatable bonds is 5. The van der Waals surface area contributed by atoms with E-state index < -0.39 is 9.84 Å². The van der Waals surface area contributed by atoms with Crippen LogP contribution in [0.1, 0.15) is 19.3 Å². The van der Waals surface area contributed by atoms with Crippen LogP contribution in [-0.2, 0) is 14.6 Å². The van der Waals surface area contributed by atoms with E-state index in [1.807, 2.05) is 0 Å². The summed E-state index contributed by atoms with van der Waals surface area (Å²) in [6.45, 7) is 3.78. The van der Waals surface area contributed by atoms with Crippen LogP contribution in [0.2, 0.25) is 0 Å². The molecular formula is C16H22N2O3S. The van der Waals surface area contributed by atoms with E-state index in [-0.39, 0.29) is 18.1 Å². The van der Waals surface area contributed by atoms with Gasteiger partial charge in [0.1, 0.15) is 0 Å². The van der Waals surface area contributed by atoms with Crippen LogP contribution >= 0.6 is 0 Å². The van der Waals surface area contributed by atoms with E-state index in [0.717, 1.165) is 26.2 Å². The molecule has 0 unspecified atom stereocenters. The first-order chi connectivity index (χ1) is 10.6. The lowest BCUT2D eigenvalue weighted by atomic mass is 10.1. The molecule has 2 aliphatic rings. The number of likely N-dealkylation sites (tertiary alicyclic amines) is 2. The Morgan fingerprint density at radius 2 is 1.73 bits per heavy atom. The van der Waals surface area contributed by atoms with Gasteiger partial charge in [0.15, 0.2) is 9.84 Å². The van der Waals surface area contributed by atoms with Crippen LogP contribution in [0.15, 0.2) is 35.2 Å². The normalized spacial score (nSPS) is 20.1. The van der Waals surface area contributed by atoms with Crippen LogP contribution in [0.5, 0.6) is 0 Å². The molecule has 2 aliphatic heterocycles. The molecule has 0 N–H and O–H groups in total. The second kappa shape index (κ2) is 6.38. The van der Waals surface area contributed by atoms with Crippen LogP contribution in [0, 0.1) is 0 Å². The quantitative estimate of drug-likeness (QED) is 0.816. The maximum atomic E-state index is 12.2. The van der Waals surface area contributed by atoms with Crippen molar-refractivity contribution in [2.45, 2.75) is 30.2 Å². The number of nitrogens with zero attached hydrogens (tertiary/aromatic N) is 2. The lowest BCUT2D eigenvalue weighted by Crippen LogP contribution is -2.60. The third-order valence-electron chi connectivity index (χ3n) is 4.56. The van der Waals surface area contributed by atoms with Crippen LogP contribution in [-0.4, -0.2) is 62.1 Å². The molecule has 0 aliphatic carbocycles. The van der Waals surface area contributed by atoms with Crippen LogP contribution in [0.25, 0.3) is 0 Å². The highest BCUT2D eigenvalue weighted by atomic mass is 32.2. The van der Waals surface area contributed by atoms with Gasteiger partial charge in [-0.15, -0.1) is 0 Å². The minimum atomic E-state index is -3.36. The fourth-order valence-corrected chi connectivity index (χ4v) is 4.37. The van der Waals surface area contributed by atoms with E-state index in [4.69, 9.17) is 0 Å². The van der Waals surface area contributed by atoms with Gasteiger partial charge < -0.3 is 4.90 Å². The Labute approximate surface area is 131 Å². The molecule has 1 aromatic carbocycles. The van der Waals surface area contributed by atoms with Crippen LogP contribution in [0.4, 0.5) is 0 Å². The maximum Gasteiger partial charge on any atom is 0.223 e. The van der Waals surface area contributed by atoms with Crippen molar-refractivity contribution in [2.24, 2.45) is 0 Å². The van der Waals surface area contributed by atoms with Gasteiger partial charge in [-0.1, -0.05) is 18.2 Å². The van der Waals surface area contributed by atoms with Gasteiger partial charge in [0.05, 0.1) is 10.6 Å².